The van der Waals surface area contributed by atoms with E-state index in [1.54, 1.807) is 6.08 Å². The molecule has 0 amide bonds. The number of furan rings is 1. The fraction of sp³-hybridized carbons (Fsp3) is 0.400. The van der Waals surface area contributed by atoms with E-state index in [0.717, 1.165) is 23.5 Å². The van der Waals surface area contributed by atoms with Gasteiger partial charge in [0.2, 0.25) is 0 Å². The van der Waals surface area contributed by atoms with Crippen molar-refractivity contribution in [3.8, 4) is 0 Å². The summed E-state index contributed by atoms with van der Waals surface area (Å²) < 4.78 is 5.46. The van der Waals surface area contributed by atoms with Gasteiger partial charge < -0.3 is 10.2 Å². The van der Waals surface area contributed by atoms with Crippen LogP contribution in [0.3, 0.4) is 0 Å². The molecule has 0 radical (unpaired) electrons. The van der Waals surface area contributed by atoms with Crippen LogP contribution in [0, 0.1) is 13.8 Å². The van der Waals surface area contributed by atoms with Crippen LogP contribution in [-0.4, -0.2) is 0 Å². The van der Waals surface area contributed by atoms with Crippen LogP contribution in [0.4, 0.5) is 0 Å². The molecule has 2 nitrogen and oxygen atoms in total. The van der Waals surface area contributed by atoms with E-state index in [2.05, 4.69) is 6.58 Å². The Labute approximate surface area is 73.1 Å². The number of aryl methyl sites for hydroxylation is 2. The first kappa shape index (κ1) is 9.07. The lowest BCUT2D eigenvalue weighted by molar-refractivity contribution is 0.446. The molecule has 0 unspecified atom stereocenters. The predicted molar refractivity (Wildman–Crippen MR) is 49.9 cm³/mol. The molecule has 0 saturated heterocycles. The third-order valence-electron chi connectivity index (χ3n) is 1.97. The van der Waals surface area contributed by atoms with E-state index in [-0.39, 0.29) is 6.04 Å². The molecule has 2 heteroatoms. The van der Waals surface area contributed by atoms with Gasteiger partial charge in [-0.05, 0) is 31.9 Å². The van der Waals surface area contributed by atoms with Gasteiger partial charge in [-0.25, -0.2) is 0 Å². The molecule has 0 aliphatic carbocycles. The van der Waals surface area contributed by atoms with Crippen LogP contribution < -0.4 is 5.73 Å². The average molecular weight is 165 g/mol. The van der Waals surface area contributed by atoms with Gasteiger partial charge in [0.25, 0.3) is 0 Å². The minimum Gasteiger partial charge on any atom is -0.464 e. The van der Waals surface area contributed by atoms with Crippen LogP contribution in [0.25, 0.3) is 0 Å². The van der Waals surface area contributed by atoms with Crippen molar-refractivity contribution in [2.45, 2.75) is 26.3 Å². The Kier molecular flexibility index (Phi) is 2.71. The molecule has 1 aromatic rings. The van der Waals surface area contributed by atoms with Crippen LogP contribution in [0.1, 0.15) is 29.5 Å². The van der Waals surface area contributed by atoms with Crippen molar-refractivity contribution in [3.63, 3.8) is 0 Å². The Bertz CT molecular complexity index is 256. The van der Waals surface area contributed by atoms with Crippen molar-refractivity contribution < 1.29 is 4.42 Å². The van der Waals surface area contributed by atoms with E-state index < -0.39 is 0 Å². The lowest BCUT2D eigenvalue weighted by Crippen LogP contribution is -2.07. The highest BCUT2D eigenvalue weighted by Crippen LogP contribution is 2.20. The fourth-order valence-electron chi connectivity index (χ4n) is 1.08. The fourth-order valence-corrected chi connectivity index (χ4v) is 1.08. The topological polar surface area (TPSA) is 39.2 Å². The Morgan fingerprint density at radius 2 is 2.33 bits per heavy atom. The van der Waals surface area contributed by atoms with E-state index >= 15 is 0 Å². The molecule has 0 aromatic carbocycles. The second-order valence-corrected chi connectivity index (χ2v) is 3.02. The summed E-state index contributed by atoms with van der Waals surface area (Å²) >= 11 is 0. The van der Waals surface area contributed by atoms with Gasteiger partial charge in [0.15, 0.2) is 0 Å². The lowest BCUT2D eigenvalue weighted by Gasteiger charge is -2.03. The van der Waals surface area contributed by atoms with Gasteiger partial charge in [-0.2, -0.15) is 0 Å². The van der Waals surface area contributed by atoms with Crippen molar-refractivity contribution in [2.75, 3.05) is 0 Å². The first-order valence-electron chi connectivity index (χ1n) is 4.08. The minimum atomic E-state index is -0.0464. The smallest absolute Gasteiger partial charge is 0.121 e. The molecular weight excluding hydrogens is 150 g/mol. The molecule has 1 atom stereocenters. The summed E-state index contributed by atoms with van der Waals surface area (Å²) in [6.07, 6.45) is 2.56. The summed E-state index contributed by atoms with van der Waals surface area (Å²) in [7, 11) is 0. The van der Waals surface area contributed by atoms with E-state index in [9.17, 15) is 0 Å². The van der Waals surface area contributed by atoms with E-state index in [1.165, 1.54) is 0 Å². The van der Waals surface area contributed by atoms with Crippen molar-refractivity contribution in [2.24, 2.45) is 5.73 Å². The third kappa shape index (κ3) is 1.77. The summed E-state index contributed by atoms with van der Waals surface area (Å²) in [6.45, 7) is 7.59. The maximum atomic E-state index is 5.82. The van der Waals surface area contributed by atoms with E-state index in [0.29, 0.717) is 0 Å². The molecule has 12 heavy (non-hydrogen) atoms. The summed E-state index contributed by atoms with van der Waals surface area (Å²) in [4.78, 5) is 0. The molecule has 1 rings (SSSR count). The Hall–Kier alpha value is -1.02. The maximum absolute atomic E-state index is 5.82. The molecule has 0 aliphatic heterocycles. The van der Waals surface area contributed by atoms with Crippen molar-refractivity contribution in [1.29, 1.82) is 0 Å². The normalized spacial score (nSPS) is 12.9. The predicted octanol–water partition coefficient (Wildman–Crippen LogP) is 2.47. The summed E-state index contributed by atoms with van der Waals surface area (Å²) in [5, 5.41) is 0. The molecule has 0 saturated carbocycles. The van der Waals surface area contributed by atoms with Crippen LogP contribution in [-0.2, 0) is 0 Å². The Balaban J connectivity index is 2.80. The van der Waals surface area contributed by atoms with Gasteiger partial charge in [-0.1, -0.05) is 6.08 Å². The second kappa shape index (κ2) is 3.59. The first-order chi connectivity index (χ1) is 5.65. The van der Waals surface area contributed by atoms with Crippen LogP contribution in [0.15, 0.2) is 23.1 Å². The monoisotopic (exact) mass is 165 g/mol. The summed E-state index contributed by atoms with van der Waals surface area (Å²) in [6, 6.07) is 1.94. The SMILES string of the molecule is C=CC[C@@H](N)c1cc(C)c(C)o1. The quantitative estimate of drug-likeness (QED) is 0.699. The third-order valence-corrected chi connectivity index (χ3v) is 1.97. The van der Waals surface area contributed by atoms with E-state index in [1.807, 2.05) is 19.9 Å². The highest BCUT2D eigenvalue weighted by molar-refractivity contribution is 5.20. The van der Waals surface area contributed by atoms with Gasteiger partial charge >= 0.3 is 0 Å². The largest absolute Gasteiger partial charge is 0.464 e. The first-order valence-corrected chi connectivity index (χ1v) is 4.08. The standard InChI is InChI=1S/C10H15NO/c1-4-5-9(11)10-6-7(2)8(3)12-10/h4,6,9H,1,5,11H2,2-3H3/t9-/m1/s1. The molecule has 1 aromatic heterocycles. The number of hydrogen-bond donors (Lipinski definition) is 1. The van der Waals surface area contributed by atoms with Crippen molar-refractivity contribution >= 4 is 0 Å². The number of hydrogen-bond acceptors (Lipinski definition) is 2. The summed E-state index contributed by atoms with van der Waals surface area (Å²) in [5.41, 5.74) is 6.98. The molecule has 0 aliphatic rings. The maximum Gasteiger partial charge on any atom is 0.121 e. The van der Waals surface area contributed by atoms with E-state index in [4.69, 9.17) is 10.2 Å². The second-order valence-electron chi connectivity index (χ2n) is 3.02. The number of rotatable bonds is 3. The van der Waals surface area contributed by atoms with Gasteiger partial charge in [-0.15, -0.1) is 6.58 Å². The van der Waals surface area contributed by atoms with Crippen LogP contribution in [0.5, 0.6) is 0 Å². The zero-order valence-electron chi connectivity index (χ0n) is 7.63. The van der Waals surface area contributed by atoms with Gasteiger partial charge in [0.1, 0.15) is 11.5 Å². The zero-order valence-corrected chi connectivity index (χ0v) is 7.63. The molecule has 0 bridgehead atoms. The molecular formula is C10H15NO. The Morgan fingerprint density at radius 1 is 1.67 bits per heavy atom. The van der Waals surface area contributed by atoms with Crippen molar-refractivity contribution in [3.05, 3.63) is 35.8 Å². The molecule has 1 heterocycles. The molecule has 0 spiro atoms. The minimum absolute atomic E-state index is 0.0464. The van der Waals surface area contributed by atoms with Crippen LogP contribution >= 0.6 is 0 Å². The lowest BCUT2D eigenvalue weighted by atomic mass is 10.1. The van der Waals surface area contributed by atoms with Gasteiger partial charge in [0, 0.05) is 0 Å². The highest BCUT2D eigenvalue weighted by Gasteiger charge is 2.09. The summed E-state index contributed by atoms with van der Waals surface area (Å²) in [5.74, 6) is 1.80. The molecule has 2 N–H and O–H groups in total. The average Bonchev–Trinajstić information content (AvgIpc) is 2.33. The van der Waals surface area contributed by atoms with Gasteiger partial charge in [0.05, 0.1) is 6.04 Å². The van der Waals surface area contributed by atoms with Gasteiger partial charge in [-0.3, -0.25) is 0 Å². The zero-order chi connectivity index (χ0) is 9.14. The molecule has 0 fully saturated rings. The highest BCUT2D eigenvalue weighted by atomic mass is 16.3. The Morgan fingerprint density at radius 3 is 2.75 bits per heavy atom. The van der Waals surface area contributed by atoms with Crippen molar-refractivity contribution in [1.82, 2.24) is 0 Å². The van der Waals surface area contributed by atoms with Crippen LogP contribution in [0.2, 0.25) is 0 Å². The number of nitrogens with two attached hydrogens (primary N) is 1. The molecule has 66 valence electrons.